The molecular formula is C12H17NO4S. The van der Waals surface area contributed by atoms with Crippen LogP contribution in [0, 0.1) is 0 Å². The summed E-state index contributed by atoms with van der Waals surface area (Å²) >= 11 is 0. The molecule has 2 N–H and O–H groups in total. The molecule has 1 rings (SSSR count). The van der Waals surface area contributed by atoms with E-state index in [2.05, 4.69) is 4.72 Å². The second kappa shape index (κ2) is 5.97. The van der Waals surface area contributed by atoms with Crippen LogP contribution in [0.3, 0.4) is 0 Å². The van der Waals surface area contributed by atoms with Crippen LogP contribution in [0.5, 0.6) is 0 Å². The molecular weight excluding hydrogens is 254 g/mol. The molecule has 100 valence electrons. The zero-order valence-corrected chi connectivity index (χ0v) is 11.2. The largest absolute Gasteiger partial charge is 0.478 e. The number of hydrogen-bond acceptors (Lipinski definition) is 3. The number of sulfonamides is 1. The maximum atomic E-state index is 12.0. The summed E-state index contributed by atoms with van der Waals surface area (Å²) in [5.74, 6) is -1.14. The first-order chi connectivity index (χ1) is 8.40. The van der Waals surface area contributed by atoms with Gasteiger partial charge >= 0.3 is 5.97 Å². The van der Waals surface area contributed by atoms with Gasteiger partial charge in [0.05, 0.1) is 10.5 Å². The summed E-state index contributed by atoms with van der Waals surface area (Å²) < 4.78 is 26.6. The van der Waals surface area contributed by atoms with Gasteiger partial charge in [0, 0.05) is 6.04 Å². The number of carboxylic acid groups (broad SMARTS) is 1. The standard InChI is InChI=1S/C12H17NO4S/c1-3-10(4-2)13-18(16,17)11-7-5-6-9(8-11)12(14)15/h5-8,10,13H,3-4H2,1-2H3,(H,14,15). The van der Waals surface area contributed by atoms with Gasteiger partial charge in [-0.3, -0.25) is 0 Å². The summed E-state index contributed by atoms with van der Waals surface area (Å²) in [4.78, 5) is 10.8. The molecule has 0 fully saturated rings. The number of carbonyl (C=O) groups is 1. The van der Waals surface area contributed by atoms with Crippen molar-refractivity contribution in [2.45, 2.75) is 37.6 Å². The van der Waals surface area contributed by atoms with E-state index < -0.39 is 16.0 Å². The summed E-state index contributed by atoms with van der Waals surface area (Å²) in [6, 6.07) is 5.19. The number of benzene rings is 1. The van der Waals surface area contributed by atoms with E-state index in [1.807, 2.05) is 13.8 Å². The van der Waals surface area contributed by atoms with Crippen LogP contribution in [0.15, 0.2) is 29.2 Å². The fourth-order valence-corrected chi connectivity index (χ4v) is 2.99. The van der Waals surface area contributed by atoms with Crippen molar-refractivity contribution >= 4 is 16.0 Å². The lowest BCUT2D eigenvalue weighted by Gasteiger charge is -2.15. The van der Waals surface area contributed by atoms with Gasteiger partial charge in [0.1, 0.15) is 0 Å². The first-order valence-electron chi connectivity index (χ1n) is 5.76. The van der Waals surface area contributed by atoms with Crippen molar-refractivity contribution in [2.75, 3.05) is 0 Å². The Morgan fingerprint density at radius 1 is 1.33 bits per heavy atom. The maximum absolute atomic E-state index is 12.0. The molecule has 0 amide bonds. The molecule has 0 atom stereocenters. The van der Waals surface area contributed by atoms with E-state index in [1.54, 1.807) is 0 Å². The first-order valence-corrected chi connectivity index (χ1v) is 7.24. The molecule has 0 aliphatic heterocycles. The van der Waals surface area contributed by atoms with Crippen molar-refractivity contribution < 1.29 is 18.3 Å². The molecule has 0 aromatic heterocycles. The van der Waals surface area contributed by atoms with E-state index in [0.717, 1.165) is 6.07 Å². The Morgan fingerprint density at radius 2 is 1.94 bits per heavy atom. The van der Waals surface area contributed by atoms with Gasteiger partial charge in [-0.1, -0.05) is 19.9 Å². The molecule has 0 aliphatic carbocycles. The highest BCUT2D eigenvalue weighted by Crippen LogP contribution is 2.13. The normalized spacial score (nSPS) is 11.7. The quantitative estimate of drug-likeness (QED) is 0.827. The molecule has 1 aromatic carbocycles. The van der Waals surface area contributed by atoms with Crippen LogP contribution in [0.25, 0.3) is 0 Å². The Bertz CT molecular complexity index is 521. The Balaban J connectivity index is 3.05. The van der Waals surface area contributed by atoms with Crippen LogP contribution in [-0.2, 0) is 10.0 Å². The maximum Gasteiger partial charge on any atom is 0.335 e. The third-order valence-electron chi connectivity index (χ3n) is 2.70. The molecule has 0 aliphatic rings. The van der Waals surface area contributed by atoms with Crippen LogP contribution < -0.4 is 4.72 Å². The van der Waals surface area contributed by atoms with Gasteiger partial charge in [0.25, 0.3) is 0 Å². The molecule has 18 heavy (non-hydrogen) atoms. The molecule has 0 spiro atoms. The average molecular weight is 271 g/mol. The molecule has 0 heterocycles. The fourth-order valence-electron chi connectivity index (χ4n) is 1.54. The minimum Gasteiger partial charge on any atom is -0.478 e. The summed E-state index contributed by atoms with van der Waals surface area (Å²) in [5, 5.41) is 8.83. The van der Waals surface area contributed by atoms with Gasteiger partial charge in [-0.05, 0) is 31.0 Å². The SMILES string of the molecule is CCC(CC)NS(=O)(=O)c1cccc(C(=O)O)c1. The Kier molecular flexibility index (Phi) is 4.86. The monoisotopic (exact) mass is 271 g/mol. The Morgan fingerprint density at radius 3 is 2.44 bits per heavy atom. The van der Waals surface area contributed by atoms with Gasteiger partial charge in [0.2, 0.25) is 10.0 Å². The lowest BCUT2D eigenvalue weighted by Crippen LogP contribution is -2.33. The topological polar surface area (TPSA) is 83.5 Å². The van der Waals surface area contributed by atoms with Gasteiger partial charge in [0.15, 0.2) is 0 Å². The summed E-state index contributed by atoms with van der Waals surface area (Å²) in [5.41, 5.74) is -0.0394. The predicted molar refractivity (Wildman–Crippen MR) is 68.1 cm³/mol. The summed E-state index contributed by atoms with van der Waals surface area (Å²) in [6.07, 6.45) is 1.38. The highest BCUT2D eigenvalue weighted by Gasteiger charge is 2.19. The minimum absolute atomic E-state index is 0.0192. The molecule has 0 radical (unpaired) electrons. The molecule has 0 saturated carbocycles. The van der Waals surface area contributed by atoms with E-state index >= 15 is 0 Å². The molecule has 0 unspecified atom stereocenters. The molecule has 6 heteroatoms. The third kappa shape index (κ3) is 3.54. The molecule has 0 saturated heterocycles. The predicted octanol–water partition coefficient (Wildman–Crippen LogP) is 1.85. The van der Waals surface area contributed by atoms with E-state index in [-0.39, 0.29) is 16.5 Å². The van der Waals surface area contributed by atoms with Crippen LogP contribution in [0.2, 0.25) is 0 Å². The summed E-state index contributed by atoms with van der Waals surface area (Å²) in [7, 11) is -3.65. The number of rotatable bonds is 6. The molecule has 0 bridgehead atoms. The minimum atomic E-state index is -3.65. The van der Waals surface area contributed by atoms with Gasteiger partial charge in [-0.2, -0.15) is 0 Å². The van der Waals surface area contributed by atoms with Crippen LogP contribution in [0.1, 0.15) is 37.0 Å². The van der Waals surface area contributed by atoms with Crippen molar-refractivity contribution in [3.63, 3.8) is 0 Å². The van der Waals surface area contributed by atoms with E-state index in [4.69, 9.17) is 5.11 Å². The van der Waals surface area contributed by atoms with Gasteiger partial charge < -0.3 is 5.11 Å². The summed E-state index contributed by atoms with van der Waals surface area (Å²) in [6.45, 7) is 3.79. The Labute approximate surface area is 107 Å². The van der Waals surface area contributed by atoms with Crippen molar-refractivity contribution in [1.82, 2.24) is 4.72 Å². The third-order valence-corrected chi connectivity index (χ3v) is 4.22. The van der Waals surface area contributed by atoms with E-state index in [1.165, 1.54) is 18.2 Å². The zero-order valence-electron chi connectivity index (χ0n) is 10.4. The number of nitrogens with one attached hydrogen (secondary N) is 1. The smallest absolute Gasteiger partial charge is 0.335 e. The Hall–Kier alpha value is -1.40. The first kappa shape index (κ1) is 14.7. The lowest BCUT2D eigenvalue weighted by atomic mass is 10.2. The molecule has 5 nitrogen and oxygen atoms in total. The van der Waals surface area contributed by atoms with E-state index in [9.17, 15) is 13.2 Å². The highest BCUT2D eigenvalue weighted by atomic mass is 32.2. The second-order valence-electron chi connectivity index (χ2n) is 3.97. The van der Waals surface area contributed by atoms with Gasteiger partial charge in [-0.15, -0.1) is 0 Å². The fraction of sp³-hybridized carbons (Fsp3) is 0.417. The number of carboxylic acids is 1. The lowest BCUT2D eigenvalue weighted by molar-refractivity contribution is 0.0696. The van der Waals surface area contributed by atoms with Crippen molar-refractivity contribution in [3.8, 4) is 0 Å². The molecule has 1 aromatic rings. The van der Waals surface area contributed by atoms with E-state index in [0.29, 0.717) is 12.8 Å². The average Bonchev–Trinajstić information content (AvgIpc) is 2.36. The number of hydrogen-bond donors (Lipinski definition) is 2. The van der Waals surface area contributed by atoms with Crippen molar-refractivity contribution in [3.05, 3.63) is 29.8 Å². The second-order valence-corrected chi connectivity index (χ2v) is 5.68. The van der Waals surface area contributed by atoms with Crippen LogP contribution in [0.4, 0.5) is 0 Å². The van der Waals surface area contributed by atoms with Crippen LogP contribution in [-0.4, -0.2) is 25.5 Å². The number of aromatic carboxylic acids is 1. The highest BCUT2D eigenvalue weighted by molar-refractivity contribution is 7.89. The van der Waals surface area contributed by atoms with Crippen molar-refractivity contribution in [1.29, 1.82) is 0 Å². The van der Waals surface area contributed by atoms with Gasteiger partial charge in [-0.25, -0.2) is 17.9 Å². The van der Waals surface area contributed by atoms with Crippen molar-refractivity contribution in [2.24, 2.45) is 0 Å². The van der Waals surface area contributed by atoms with Crippen LogP contribution >= 0.6 is 0 Å². The zero-order chi connectivity index (χ0) is 13.8.